The fraction of sp³-hybridized carbons (Fsp3) is 0.231. The molecular formula is C26H26N2O5S. The summed E-state index contributed by atoms with van der Waals surface area (Å²) in [6.45, 7) is 4.34. The van der Waals surface area contributed by atoms with Crippen LogP contribution in [0.15, 0.2) is 59.5 Å². The van der Waals surface area contributed by atoms with Crippen molar-refractivity contribution in [3.05, 3.63) is 76.5 Å². The van der Waals surface area contributed by atoms with Crippen molar-refractivity contribution in [3.8, 4) is 22.9 Å². The molecule has 176 valence electrons. The zero-order chi connectivity index (χ0) is 24.2. The topological polar surface area (TPSA) is 70.0 Å². The lowest BCUT2D eigenvalue weighted by molar-refractivity contribution is -0.123. The van der Waals surface area contributed by atoms with Gasteiger partial charge in [0.1, 0.15) is 12.4 Å². The van der Waals surface area contributed by atoms with Gasteiger partial charge in [-0.3, -0.25) is 14.5 Å². The van der Waals surface area contributed by atoms with E-state index in [0.29, 0.717) is 16.4 Å². The van der Waals surface area contributed by atoms with Crippen molar-refractivity contribution < 1.29 is 23.8 Å². The second-order valence-corrected chi connectivity index (χ2v) is 8.69. The summed E-state index contributed by atoms with van der Waals surface area (Å²) in [4.78, 5) is 27.1. The molecule has 1 aliphatic heterocycles. The molecule has 0 radical (unpaired) electrons. The van der Waals surface area contributed by atoms with Gasteiger partial charge in [0.05, 0.1) is 25.7 Å². The Bertz CT molecular complexity index is 1250. The first-order valence-electron chi connectivity index (χ1n) is 10.8. The molecule has 0 bridgehead atoms. The molecule has 1 aliphatic rings. The molecule has 34 heavy (non-hydrogen) atoms. The number of hydrogen-bond donors (Lipinski definition) is 0. The minimum absolute atomic E-state index is 0.158. The normalized spacial score (nSPS) is 14.7. The van der Waals surface area contributed by atoms with Crippen LogP contribution in [0.2, 0.25) is 0 Å². The van der Waals surface area contributed by atoms with Gasteiger partial charge >= 0.3 is 0 Å². The second kappa shape index (κ2) is 10.1. The number of aromatic nitrogens is 1. The molecule has 0 atom stereocenters. The van der Waals surface area contributed by atoms with Gasteiger partial charge in [-0.2, -0.15) is 0 Å². The number of methoxy groups -OCH3 is 2. The van der Waals surface area contributed by atoms with Crippen LogP contribution in [0.25, 0.3) is 11.8 Å². The van der Waals surface area contributed by atoms with E-state index >= 15 is 0 Å². The maximum absolute atomic E-state index is 12.9. The van der Waals surface area contributed by atoms with E-state index in [2.05, 4.69) is 4.57 Å². The molecule has 8 heteroatoms. The van der Waals surface area contributed by atoms with Crippen LogP contribution in [0.5, 0.6) is 17.2 Å². The summed E-state index contributed by atoms with van der Waals surface area (Å²) >= 11 is 0.948. The van der Waals surface area contributed by atoms with Gasteiger partial charge < -0.3 is 18.8 Å². The van der Waals surface area contributed by atoms with Gasteiger partial charge in [-0.15, -0.1) is 0 Å². The number of imide groups is 1. The van der Waals surface area contributed by atoms with E-state index in [1.165, 1.54) is 4.90 Å². The SMILES string of the molecule is COc1ccc(-n2c(C)cc(/C=C3\SC(=O)N(CCOc4ccccc4OC)C3=O)c2C)cc1. The molecule has 7 nitrogen and oxygen atoms in total. The van der Waals surface area contributed by atoms with Gasteiger partial charge in [0.2, 0.25) is 0 Å². The fourth-order valence-electron chi connectivity index (χ4n) is 3.88. The molecule has 2 heterocycles. The number of carbonyl (C=O) groups is 2. The number of nitrogens with zero attached hydrogens (tertiary/aromatic N) is 2. The van der Waals surface area contributed by atoms with Crippen LogP contribution in [-0.4, -0.2) is 48.0 Å². The number of aryl methyl sites for hydroxylation is 1. The monoisotopic (exact) mass is 478 g/mol. The van der Waals surface area contributed by atoms with Crippen LogP contribution in [0.3, 0.4) is 0 Å². The minimum atomic E-state index is -0.312. The highest BCUT2D eigenvalue weighted by Gasteiger charge is 2.35. The van der Waals surface area contributed by atoms with Crippen molar-refractivity contribution in [1.82, 2.24) is 9.47 Å². The van der Waals surface area contributed by atoms with Crippen molar-refractivity contribution in [3.63, 3.8) is 0 Å². The summed E-state index contributed by atoms with van der Waals surface area (Å²) in [6, 6.07) is 17.1. The molecule has 0 unspecified atom stereocenters. The number of hydrogen-bond acceptors (Lipinski definition) is 6. The van der Waals surface area contributed by atoms with Crippen LogP contribution >= 0.6 is 11.8 Å². The lowest BCUT2D eigenvalue weighted by atomic mass is 10.2. The molecule has 1 aromatic heterocycles. The molecule has 0 aliphatic carbocycles. The summed E-state index contributed by atoms with van der Waals surface area (Å²) in [5.41, 5.74) is 3.90. The zero-order valence-electron chi connectivity index (χ0n) is 19.5. The third-order valence-electron chi connectivity index (χ3n) is 5.60. The first-order valence-corrected chi connectivity index (χ1v) is 11.6. The molecule has 1 saturated heterocycles. The van der Waals surface area contributed by atoms with E-state index < -0.39 is 0 Å². The molecule has 3 aromatic rings. The van der Waals surface area contributed by atoms with E-state index in [-0.39, 0.29) is 24.3 Å². The van der Waals surface area contributed by atoms with Gasteiger partial charge in [-0.05, 0) is 79.7 Å². The summed E-state index contributed by atoms with van der Waals surface area (Å²) < 4.78 is 18.4. The fourth-order valence-corrected chi connectivity index (χ4v) is 4.74. The van der Waals surface area contributed by atoms with Crippen LogP contribution in [0.4, 0.5) is 4.79 Å². The third-order valence-corrected chi connectivity index (χ3v) is 6.51. The Hall–Kier alpha value is -3.65. The van der Waals surface area contributed by atoms with Crippen molar-refractivity contribution in [2.24, 2.45) is 0 Å². The smallest absolute Gasteiger partial charge is 0.293 e. The largest absolute Gasteiger partial charge is 0.497 e. The standard InChI is InChI=1S/C26H26N2O5S/c1-17-15-19(18(2)28(17)20-9-11-21(31-3)12-10-20)16-24-25(29)27(26(30)34-24)13-14-33-23-8-6-5-7-22(23)32-4/h5-12,15-16H,13-14H2,1-4H3/b24-16-. The van der Waals surface area contributed by atoms with Crippen molar-refractivity contribution in [2.75, 3.05) is 27.4 Å². The van der Waals surface area contributed by atoms with E-state index in [4.69, 9.17) is 14.2 Å². The molecule has 0 spiro atoms. The van der Waals surface area contributed by atoms with Crippen LogP contribution in [0.1, 0.15) is 17.0 Å². The van der Waals surface area contributed by atoms with Gasteiger partial charge in [0, 0.05) is 17.1 Å². The number of para-hydroxylation sites is 2. The number of benzene rings is 2. The zero-order valence-corrected chi connectivity index (χ0v) is 20.3. The van der Waals surface area contributed by atoms with Crippen molar-refractivity contribution >= 4 is 29.0 Å². The predicted octanol–water partition coefficient (Wildman–Crippen LogP) is 5.23. The van der Waals surface area contributed by atoms with Crippen LogP contribution in [0, 0.1) is 13.8 Å². The average Bonchev–Trinajstić information content (AvgIpc) is 3.28. The third kappa shape index (κ3) is 4.68. The molecule has 0 N–H and O–H groups in total. The quantitative estimate of drug-likeness (QED) is 0.413. The summed E-state index contributed by atoms with van der Waals surface area (Å²) in [5.74, 6) is 1.64. The molecule has 2 amide bonds. The molecule has 1 fully saturated rings. The first-order chi connectivity index (χ1) is 16.4. The Morgan fingerprint density at radius 3 is 2.32 bits per heavy atom. The summed E-state index contributed by atoms with van der Waals surface area (Å²) in [7, 11) is 3.20. The highest BCUT2D eigenvalue weighted by molar-refractivity contribution is 8.18. The Kier molecular flexibility index (Phi) is 6.98. The molecule has 2 aromatic carbocycles. The Morgan fingerprint density at radius 1 is 0.941 bits per heavy atom. The van der Waals surface area contributed by atoms with E-state index in [1.54, 1.807) is 32.4 Å². The van der Waals surface area contributed by atoms with Crippen molar-refractivity contribution in [1.29, 1.82) is 0 Å². The maximum atomic E-state index is 12.9. The maximum Gasteiger partial charge on any atom is 0.293 e. The number of amides is 2. The van der Waals surface area contributed by atoms with Gasteiger partial charge in [0.15, 0.2) is 11.5 Å². The summed E-state index contributed by atoms with van der Waals surface area (Å²) in [5, 5.41) is -0.302. The lowest BCUT2D eigenvalue weighted by Gasteiger charge is -2.14. The molecule has 4 rings (SSSR count). The van der Waals surface area contributed by atoms with E-state index in [9.17, 15) is 9.59 Å². The Morgan fingerprint density at radius 2 is 1.65 bits per heavy atom. The van der Waals surface area contributed by atoms with E-state index in [0.717, 1.165) is 40.2 Å². The summed E-state index contributed by atoms with van der Waals surface area (Å²) in [6.07, 6.45) is 1.79. The first kappa shape index (κ1) is 23.5. The molecule has 0 saturated carbocycles. The molecular weight excluding hydrogens is 452 g/mol. The highest BCUT2D eigenvalue weighted by Crippen LogP contribution is 2.34. The van der Waals surface area contributed by atoms with Gasteiger partial charge in [0.25, 0.3) is 11.1 Å². The number of carbonyl (C=O) groups excluding carboxylic acids is 2. The highest BCUT2D eigenvalue weighted by atomic mass is 32.2. The van der Waals surface area contributed by atoms with Crippen LogP contribution < -0.4 is 14.2 Å². The number of rotatable bonds is 8. The number of ether oxygens (including phenoxy) is 3. The lowest BCUT2D eigenvalue weighted by Crippen LogP contribution is -2.32. The predicted molar refractivity (Wildman–Crippen MR) is 133 cm³/mol. The van der Waals surface area contributed by atoms with Crippen molar-refractivity contribution in [2.45, 2.75) is 13.8 Å². The van der Waals surface area contributed by atoms with E-state index in [1.807, 2.05) is 56.3 Å². The minimum Gasteiger partial charge on any atom is -0.497 e. The average molecular weight is 479 g/mol. The number of thioether (sulfide) groups is 1. The Labute approximate surface area is 202 Å². The second-order valence-electron chi connectivity index (χ2n) is 7.69. The van der Waals surface area contributed by atoms with Crippen LogP contribution in [-0.2, 0) is 4.79 Å². The Balaban J connectivity index is 1.48. The van der Waals surface area contributed by atoms with Gasteiger partial charge in [-0.1, -0.05) is 12.1 Å². The van der Waals surface area contributed by atoms with Gasteiger partial charge in [-0.25, -0.2) is 0 Å².